The predicted octanol–water partition coefficient (Wildman–Crippen LogP) is 5.84. The molecule has 0 atom stereocenters. The van der Waals surface area contributed by atoms with Crippen LogP contribution in [0.2, 0.25) is 0 Å². The van der Waals surface area contributed by atoms with Gasteiger partial charge in [0.15, 0.2) is 11.5 Å². The number of fused-ring (bicyclic) bond motifs is 1. The van der Waals surface area contributed by atoms with Gasteiger partial charge in [0.05, 0.1) is 25.6 Å². The molecule has 1 amide bonds. The number of H-pyrrole nitrogens is 1. The molecule has 5 aromatic rings. The summed E-state index contributed by atoms with van der Waals surface area (Å²) in [6, 6.07) is 29.6. The van der Waals surface area contributed by atoms with Crippen LogP contribution in [0.1, 0.15) is 15.9 Å². The largest absolute Gasteiger partial charge is 0.493 e. The Morgan fingerprint density at radius 3 is 2.43 bits per heavy atom. The molecular formula is C29H25N3O3. The Balaban J connectivity index is 1.29. The predicted molar refractivity (Wildman–Crippen MR) is 138 cm³/mol. The lowest BCUT2D eigenvalue weighted by Crippen LogP contribution is -2.22. The van der Waals surface area contributed by atoms with Crippen LogP contribution in [0, 0.1) is 0 Å². The Bertz CT molecular complexity index is 1480. The first-order valence-corrected chi connectivity index (χ1v) is 11.3. The molecule has 1 aromatic heterocycles. The lowest BCUT2D eigenvalue weighted by Gasteiger charge is -2.10. The number of aromatic amines is 1. The number of hydrogen-bond donors (Lipinski definition) is 2. The number of hydrogen-bond acceptors (Lipinski definition) is 4. The van der Waals surface area contributed by atoms with Crippen LogP contribution in [-0.4, -0.2) is 30.3 Å². The van der Waals surface area contributed by atoms with Gasteiger partial charge in [-0.3, -0.25) is 9.89 Å². The van der Waals surface area contributed by atoms with Crippen LogP contribution >= 0.6 is 0 Å². The van der Waals surface area contributed by atoms with E-state index in [4.69, 9.17) is 9.47 Å². The molecule has 0 saturated heterocycles. The fourth-order valence-corrected chi connectivity index (χ4v) is 4.14. The molecule has 6 nitrogen and oxygen atoms in total. The molecule has 2 N–H and O–H groups in total. The lowest BCUT2D eigenvalue weighted by atomic mass is 10.0. The molecule has 35 heavy (non-hydrogen) atoms. The van der Waals surface area contributed by atoms with Crippen LogP contribution in [0.25, 0.3) is 33.3 Å². The smallest absolute Gasteiger partial charge is 0.251 e. The minimum atomic E-state index is -0.148. The maximum Gasteiger partial charge on any atom is 0.251 e. The number of carbonyl (C=O) groups excluding carboxylic acids is 1. The summed E-state index contributed by atoms with van der Waals surface area (Å²) in [5.41, 5.74) is 5.32. The zero-order chi connectivity index (χ0) is 24.2. The van der Waals surface area contributed by atoms with Gasteiger partial charge >= 0.3 is 0 Å². The molecule has 0 radical (unpaired) electrons. The molecule has 0 aliphatic heterocycles. The number of ether oxygens (including phenoxy) is 2. The number of carbonyl (C=O) groups is 1. The molecule has 0 unspecified atom stereocenters. The van der Waals surface area contributed by atoms with E-state index in [2.05, 4.69) is 39.8 Å². The Kier molecular flexibility index (Phi) is 6.18. The van der Waals surface area contributed by atoms with Crippen LogP contribution in [0.4, 0.5) is 0 Å². The maximum atomic E-state index is 12.7. The lowest BCUT2D eigenvalue weighted by molar-refractivity contribution is 0.0951. The van der Waals surface area contributed by atoms with E-state index < -0.39 is 0 Å². The summed E-state index contributed by atoms with van der Waals surface area (Å²) in [4.78, 5) is 12.7. The van der Waals surface area contributed by atoms with Crippen molar-refractivity contribution >= 4 is 16.7 Å². The normalized spacial score (nSPS) is 10.8. The van der Waals surface area contributed by atoms with Crippen molar-refractivity contribution in [1.82, 2.24) is 15.5 Å². The Morgan fingerprint density at radius 1 is 0.857 bits per heavy atom. The average molecular weight is 464 g/mol. The Labute approximate surface area is 203 Å². The topological polar surface area (TPSA) is 76.2 Å². The Hall–Kier alpha value is -4.58. The zero-order valence-corrected chi connectivity index (χ0v) is 19.5. The van der Waals surface area contributed by atoms with E-state index >= 15 is 0 Å². The van der Waals surface area contributed by atoms with E-state index in [1.807, 2.05) is 66.7 Å². The fraction of sp³-hybridized carbons (Fsp3) is 0.103. The molecule has 5 rings (SSSR count). The minimum Gasteiger partial charge on any atom is -0.493 e. The van der Waals surface area contributed by atoms with Crippen molar-refractivity contribution in [2.45, 2.75) is 6.54 Å². The van der Waals surface area contributed by atoms with Crippen LogP contribution in [0.3, 0.4) is 0 Å². The quantitative estimate of drug-likeness (QED) is 0.318. The number of aromatic nitrogens is 2. The third-order valence-electron chi connectivity index (χ3n) is 6.00. The monoisotopic (exact) mass is 463 g/mol. The van der Waals surface area contributed by atoms with Gasteiger partial charge in [-0.25, -0.2) is 0 Å². The number of rotatable bonds is 7. The second-order valence-electron chi connectivity index (χ2n) is 8.14. The van der Waals surface area contributed by atoms with Crippen molar-refractivity contribution < 1.29 is 14.3 Å². The van der Waals surface area contributed by atoms with Gasteiger partial charge in [-0.15, -0.1) is 0 Å². The van der Waals surface area contributed by atoms with Crippen LogP contribution < -0.4 is 14.8 Å². The van der Waals surface area contributed by atoms with Gasteiger partial charge in [-0.05, 0) is 46.7 Å². The van der Waals surface area contributed by atoms with Gasteiger partial charge in [0.1, 0.15) is 0 Å². The van der Waals surface area contributed by atoms with Gasteiger partial charge < -0.3 is 14.8 Å². The van der Waals surface area contributed by atoms with Crippen molar-refractivity contribution in [2.75, 3.05) is 14.2 Å². The van der Waals surface area contributed by atoms with E-state index in [9.17, 15) is 4.79 Å². The number of benzene rings is 4. The first-order chi connectivity index (χ1) is 17.2. The highest BCUT2D eigenvalue weighted by Crippen LogP contribution is 2.30. The van der Waals surface area contributed by atoms with Gasteiger partial charge in [-0.2, -0.15) is 5.10 Å². The molecule has 6 heteroatoms. The van der Waals surface area contributed by atoms with E-state index in [1.165, 1.54) is 10.8 Å². The van der Waals surface area contributed by atoms with Crippen molar-refractivity contribution in [3.63, 3.8) is 0 Å². The van der Waals surface area contributed by atoms with Crippen LogP contribution in [-0.2, 0) is 6.54 Å². The molecule has 1 heterocycles. The SMILES string of the molecule is COc1ccc(CNC(=O)c2ccc(-c3cc(-c4cccc5ccccc45)[nH]n3)cc2)cc1OC. The summed E-state index contributed by atoms with van der Waals surface area (Å²) in [5, 5.41) is 13.0. The zero-order valence-electron chi connectivity index (χ0n) is 19.5. The van der Waals surface area contributed by atoms with E-state index in [1.54, 1.807) is 14.2 Å². The first-order valence-electron chi connectivity index (χ1n) is 11.3. The summed E-state index contributed by atoms with van der Waals surface area (Å²) < 4.78 is 10.6. The van der Waals surface area contributed by atoms with Gasteiger partial charge in [-0.1, -0.05) is 60.7 Å². The summed E-state index contributed by atoms with van der Waals surface area (Å²) >= 11 is 0. The Morgan fingerprint density at radius 2 is 1.63 bits per heavy atom. The highest BCUT2D eigenvalue weighted by Gasteiger charge is 2.11. The van der Waals surface area contributed by atoms with Gasteiger partial charge in [0.25, 0.3) is 5.91 Å². The fourth-order valence-electron chi connectivity index (χ4n) is 4.14. The molecule has 0 spiro atoms. The van der Waals surface area contributed by atoms with Crippen molar-refractivity contribution in [3.8, 4) is 34.0 Å². The van der Waals surface area contributed by atoms with Crippen molar-refractivity contribution in [3.05, 3.63) is 102 Å². The first kappa shape index (κ1) is 22.2. The molecular weight excluding hydrogens is 438 g/mol. The number of methoxy groups -OCH3 is 2. The third-order valence-corrected chi connectivity index (χ3v) is 6.00. The van der Waals surface area contributed by atoms with Gasteiger partial charge in [0, 0.05) is 23.2 Å². The highest BCUT2D eigenvalue weighted by molar-refractivity contribution is 5.96. The van der Waals surface area contributed by atoms with E-state index in [0.29, 0.717) is 23.6 Å². The van der Waals surface area contributed by atoms with E-state index in [-0.39, 0.29) is 5.91 Å². The minimum absolute atomic E-state index is 0.148. The molecule has 0 bridgehead atoms. The third kappa shape index (κ3) is 4.59. The molecule has 0 aliphatic carbocycles. The number of nitrogens with one attached hydrogen (secondary N) is 2. The summed E-state index contributed by atoms with van der Waals surface area (Å²) in [7, 11) is 3.18. The summed E-state index contributed by atoms with van der Waals surface area (Å²) in [5.74, 6) is 1.13. The number of nitrogens with zero attached hydrogens (tertiary/aromatic N) is 1. The summed E-state index contributed by atoms with van der Waals surface area (Å²) in [6.07, 6.45) is 0. The average Bonchev–Trinajstić information content (AvgIpc) is 3.41. The summed E-state index contributed by atoms with van der Waals surface area (Å²) in [6.45, 7) is 0.384. The van der Waals surface area contributed by atoms with Crippen molar-refractivity contribution in [1.29, 1.82) is 0 Å². The molecule has 0 saturated carbocycles. The standard InChI is InChI=1S/C29H25N3O3/c1-34-27-15-10-19(16-28(27)35-2)18-30-29(33)22-13-11-21(12-14-22)25-17-26(32-31-25)24-9-5-7-20-6-3-4-8-23(20)24/h3-17H,18H2,1-2H3,(H,30,33)(H,31,32). The molecule has 4 aromatic carbocycles. The molecule has 0 fully saturated rings. The second kappa shape index (κ2) is 9.73. The maximum absolute atomic E-state index is 12.7. The van der Waals surface area contributed by atoms with Crippen molar-refractivity contribution in [2.24, 2.45) is 0 Å². The van der Waals surface area contributed by atoms with Crippen LogP contribution in [0.5, 0.6) is 11.5 Å². The van der Waals surface area contributed by atoms with E-state index in [0.717, 1.165) is 28.1 Å². The second-order valence-corrected chi connectivity index (χ2v) is 8.14. The van der Waals surface area contributed by atoms with Gasteiger partial charge in [0.2, 0.25) is 0 Å². The number of amides is 1. The highest BCUT2D eigenvalue weighted by atomic mass is 16.5. The molecule has 0 aliphatic rings. The van der Waals surface area contributed by atoms with Crippen LogP contribution in [0.15, 0.2) is 91.0 Å². The molecule has 174 valence electrons.